The first-order chi connectivity index (χ1) is 10.1. The van der Waals surface area contributed by atoms with Crippen LogP contribution >= 0.6 is 0 Å². The lowest BCUT2D eigenvalue weighted by Crippen LogP contribution is -2.57. The van der Waals surface area contributed by atoms with Crippen molar-refractivity contribution in [1.29, 1.82) is 0 Å². The number of ether oxygens (including phenoxy) is 1. The number of imidazole rings is 1. The number of aromatic nitrogens is 4. The quantitative estimate of drug-likeness (QED) is 0.780. The highest BCUT2D eigenvalue weighted by Crippen LogP contribution is 2.44. The molecule has 1 aliphatic rings. The standard InChI is InChI=1S/C14H22N6O/c1-5-15-13-19-11-10(16-7-17-11)12(20-13)18-8-6-9(21-4)14(8,2)3/h7-9H,5-6H2,1-4H3,(H3,15,16,17,18,19,20). The maximum atomic E-state index is 5.50. The number of nitrogens with zero attached hydrogens (tertiary/aromatic N) is 3. The Kier molecular flexibility index (Phi) is 3.44. The summed E-state index contributed by atoms with van der Waals surface area (Å²) in [5.74, 6) is 1.39. The van der Waals surface area contributed by atoms with Gasteiger partial charge in [-0.1, -0.05) is 13.8 Å². The highest BCUT2D eigenvalue weighted by molar-refractivity contribution is 5.83. The third-order valence-corrected chi connectivity index (χ3v) is 4.39. The molecule has 7 nitrogen and oxygen atoms in total. The van der Waals surface area contributed by atoms with Gasteiger partial charge in [-0.05, 0) is 13.3 Å². The van der Waals surface area contributed by atoms with Gasteiger partial charge in [0.1, 0.15) is 5.52 Å². The molecule has 1 aliphatic carbocycles. The summed E-state index contributed by atoms with van der Waals surface area (Å²) in [6.07, 6.45) is 2.89. The van der Waals surface area contributed by atoms with Crippen LogP contribution in [-0.2, 0) is 4.74 Å². The van der Waals surface area contributed by atoms with Gasteiger partial charge in [-0.15, -0.1) is 0 Å². The third-order valence-electron chi connectivity index (χ3n) is 4.39. The monoisotopic (exact) mass is 290 g/mol. The minimum Gasteiger partial charge on any atom is -0.381 e. The van der Waals surface area contributed by atoms with Crippen LogP contribution < -0.4 is 10.6 Å². The summed E-state index contributed by atoms with van der Waals surface area (Å²) >= 11 is 0. The Labute approximate surface area is 123 Å². The Morgan fingerprint density at radius 2 is 2.24 bits per heavy atom. The molecule has 0 bridgehead atoms. The van der Waals surface area contributed by atoms with E-state index >= 15 is 0 Å². The summed E-state index contributed by atoms with van der Waals surface area (Å²) in [6.45, 7) is 7.21. The first-order valence-electron chi connectivity index (χ1n) is 7.30. The molecule has 3 N–H and O–H groups in total. The second-order valence-electron chi connectivity index (χ2n) is 6.01. The molecule has 3 rings (SSSR count). The van der Waals surface area contributed by atoms with E-state index in [1.165, 1.54) is 0 Å². The van der Waals surface area contributed by atoms with E-state index in [-0.39, 0.29) is 11.5 Å². The lowest BCUT2D eigenvalue weighted by atomic mass is 9.64. The zero-order valence-corrected chi connectivity index (χ0v) is 12.9. The van der Waals surface area contributed by atoms with E-state index in [0.717, 1.165) is 24.3 Å². The summed E-state index contributed by atoms with van der Waals surface area (Å²) in [5, 5.41) is 6.66. The van der Waals surface area contributed by atoms with E-state index in [2.05, 4.69) is 44.4 Å². The average Bonchev–Trinajstić information content (AvgIpc) is 2.91. The number of anilines is 2. The maximum absolute atomic E-state index is 5.50. The number of methoxy groups -OCH3 is 1. The molecular weight excluding hydrogens is 268 g/mol. The van der Waals surface area contributed by atoms with E-state index in [1.54, 1.807) is 13.4 Å². The number of hydrogen-bond donors (Lipinski definition) is 3. The lowest BCUT2D eigenvalue weighted by molar-refractivity contribution is -0.0795. The van der Waals surface area contributed by atoms with Crippen LogP contribution in [0.25, 0.3) is 11.2 Å². The molecule has 0 aliphatic heterocycles. The van der Waals surface area contributed by atoms with Gasteiger partial charge >= 0.3 is 0 Å². The maximum Gasteiger partial charge on any atom is 0.226 e. The van der Waals surface area contributed by atoms with Gasteiger partial charge in [0.15, 0.2) is 11.5 Å². The SMILES string of the molecule is CCNc1nc(NC2CC(OC)C2(C)C)c2[nH]cnc2n1. The van der Waals surface area contributed by atoms with Crippen LogP contribution in [0.2, 0.25) is 0 Å². The van der Waals surface area contributed by atoms with Crippen LogP contribution in [0.3, 0.4) is 0 Å². The molecule has 1 fully saturated rings. The third kappa shape index (κ3) is 2.31. The van der Waals surface area contributed by atoms with Crippen molar-refractivity contribution < 1.29 is 4.74 Å². The molecule has 2 aromatic rings. The molecule has 114 valence electrons. The molecule has 7 heteroatoms. The van der Waals surface area contributed by atoms with E-state index in [0.29, 0.717) is 17.6 Å². The highest BCUT2D eigenvalue weighted by Gasteiger charge is 2.48. The van der Waals surface area contributed by atoms with Crippen molar-refractivity contribution in [2.75, 3.05) is 24.3 Å². The number of H-pyrrole nitrogens is 1. The zero-order chi connectivity index (χ0) is 15.0. The lowest BCUT2D eigenvalue weighted by Gasteiger charge is -2.51. The molecule has 2 aromatic heterocycles. The first-order valence-corrected chi connectivity index (χ1v) is 7.30. The van der Waals surface area contributed by atoms with Crippen molar-refractivity contribution >= 4 is 22.9 Å². The normalized spacial score (nSPS) is 23.8. The number of hydrogen-bond acceptors (Lipinski definition) is 6. The fourth-order valence-electron chi connectivity index (χ4n) is 2.87. The van der Waals surface area contributed by atoms with Gasteiger partial charge in [-0.2, -0.15) is 9.97 Å². The minimum absolute atomic E-state index is 0.0738. The molecule has 2 heterocycles. The van der Waals surface area contributed by atoms with Crippen LogP contribution in [0, 0.1) is 5.41 Å². The Bertz CT molecular complexity index is 637. The van der Waals surface area contributed by atoms with Gasteiger partial charge in [0, 0.05) is 25.1 Å². The minimum atomic E-state index is 0.0738. The Morgan fingerprint density at radius 1 is 1.43 bits per heavy atom. The fourth-order valence-corrected chi connectivity index (χ4v) is 2.87. The predicted molar refractivity (Wildman–Crippen MR) is 82.5 cm³/mol. The van der Waals surface area contributed by atoms with Gasteiger partial charge in [0.25, 0.3) is 0 Å². The van der Waals surface area contributed by atoms with Crippen molar-refractivity contribution in [2.45, 2.75) is 39.3 Å². The van der Waals surface area contributed by atoms with Gasteiger partial charge in [0.2, 0.25) is 5.95 Å². The van der Waals surface area contributed by atoms with Crippen molar-refractivity contribution in [3.63, 3.8) is 0 Å². The van der Waals surface area contributed by atoms with E-state index in [4.69, 9.17) is 4.74 Å². The van der Waals surface area contributed by atoms with Crippen LogP contribution in [-0.4, -0.2) is 45.7 Å². The Morgan fingerprint density at radius 3 is 2.90 bits per heavy atom. The number of fused-ring (bicyclic) bond motifs is 1. The van der Waals surface area contributed by atoms with Gasteiger partial charge in [-0.25, -0.2) is 4.98 Å². The largest absolute Gasteiger partial charge is 0.381 e. The van der Waals surface area contributed by atoms with Crippen LogP contribution in [0.15, 0.2) is 6.33 Å². The van der Waals surface area contributed by atoms with Crippen molar-refractivity contribution in [2.24, 2.45) is 5.41 Å². The highest BCUT2D eigenvalue weighted by atomic mass is 16.5. The second-order valence-corrected chi connectivity index (χ2v) is 6.01. The molecule has 2 unspecified atom stereocenters. The summed E-state index contributed by atoms with van der Waals surface area (Å²) in [5.41, 5.74) is 1.59. The van der Waals surface area contributed by atoms with E-state index < -0.39 is 0 Å². The molecule has 0 amide bonds. The van der Waals surface area contributed by atoms with Gasteiger partial charge in [0.05, 0.1) is 12.4 Å². The zero-order valence-electron chi connectivity index (χ0n) is 12.9. The van der Waals surface area contributed by atoms with E-state index in [1.807, 2.05) is 6.92 Å². The fraction of sp³-hybridized carbons (Fsp3) is 0.643. The smallest absolute Gasteiger partial charge is 0.226 e. The molecule has 1 saturated carbocycles. The van der Waals surface area contributed by atoms with Crippen LogP contribution in [0.1, 0.15) is 27.2 Å². The summed E-state index contributed by atoms with van der Waals surface area (Å²) in [4.78, 5) is 16.3. The first kappa shape index (κ1) is 14.1. The molecule has 0 saturated heterocycles. The van der Waals surface area contributed by atoms with Gasteiger partial charge < -0.3 is 20.4 Å². The van der Waals surface area contributed by atoms with Crippen molar-refractivity contribution in [1.82, 2.24) is 19.9 Å². The molecular formula is C14H22N6O. The topological polar surface area (TPSA) is 87.8 Å². The predicted octanol–water partition coefficient (Wildman–Crippen LogP) is 2.01. The van der Waals surface area contributed by atoms with Crippen molar-refractivity contribution in [3.05, 3.63) is 6.33 Å². The molecule has 2 atom stereocenters. The van der Waals surface area contributed by atoms with Crippen LogP contribution in [0.4, 0.5) is 11.8 Å². The number of aromatic amines is 1. The molecule has 0 radical (unpaired) electrons. The molecule has 0 spiro atoms. The summed E-state index contributed by atoms with van der Waals surface area (Å²) < 4.78 is 5.50. The van der Waals surface area contributed by atoms with E-state index in [9.17, 15) is 0 Å². The number of rotatable bonds is 5. The molecule has 0 aromatic carbocycles. The summed E-state index contributed by atoms with van der Waals surface area (Å²) in [6, 6.07) is 0.318. The van der Waals surface area contributed by atoms with Crippen molar-refractivity contribution in [3.8, 4) is 0 Å². The summed E-state index contributed by atoms with van der Waals surface area (Å²) in [7, 11) is 1.77. The average molecular weight is 290 g/mol. The van der Waals surface area contributed by atoms with Gasteiger partial charge in [-0.3, -0.25) is 0 Å². The molecule has 21 heavy (non-hydrogen) atoms. The van der Waals surface area contributed by atoms with Crippen LogP contribution in [0.5, 0.6) is 0 Å². The second kappa shape index (κ2) is 5.14. The Hall–Kier alpha value is -1.89. The number of nitrogens with one attached hydrogen (secondary N) is 3. The Balaban J connectivity index is 1.88.